The van der Waals surface area contributed by atoms with Crippen LogP contribution in [0, 0.1) is 12.3 Å². The van der Waals surface area contributed by atoms with Gasteiger partial charge in [-0.2, -0.15) is 0 Å². The van der Waals surface area contributed by atoms with Crippen LogP contribution < -0.4 is 0 Å². The summed E-state index contributed by atoms with van der Waals surface area (Å²) in [5.41, 5.74) is 3.71. The second kappa shape index (κ2) is 10.6. The fourth-order valence-electron chi connectivity index (χ4n) is 3.29. The number of benzene rings is 1. The topological polar surface area (TPSA) is 20.2 Å². The molecule has 0 fully saturated rings. The molecule has 1 aromatic carbocycles. The first-order chi connectivity index (χ1) is 11.4. The molecule has 0 spiro atoms. The van der Waals surface area contributed by atoms with E-state index in [1.54, 1.807) is 0 Å². The molecule has 0 amide bonds. The van der Waals surface area contributed by atoms with Crippen LogP contribution in [0.1, 0.15) is 101 Å². The smallest absolute Gasteiger partial charge is 0.0843 e. The van der Waals surface area contributed by atoms with Crippen molar-refractivity contribution in [1.29, 1.82) is 0 Å². The molecule has 0 radical (unpaired) electrons. The summed E-state index contributed by atoms with van der Waals surface area (Å²) in [5, 5.41) is 10.6. The molecule has 0 unspecified atom stereocenters. The molecular formula is C23H36O. The highest BCUT2D eigenvalue weighted by molar-refractivity contribution is 5.48. The summed E-state index contributed by atoms with van der Waals surface area (Å²) in [6.07, 6.45) is 17.6. The molecule has 0 atom stereocenters. The Balaban J connectivity index is 2.99. The van der Waals surface area contributed by atoms with E-state index in [9.17, 15) is 5.11 Å². The zero-order valence-corrected chi connectivity index (χ0v) is 16.3. The normalized spacial score (nSPS) is 11.5. The Morgan fingerprint density at radius 1 is 0.875 bits per heavy atom. The van der Waals surface area contributed by atoms with Crippen molar-refractivity contribution < 1.29 is 5.11 Å². The van der Waals surface area contributed by atoms with E-state index in [0.29, 0.717) is 0 Å². The number of aliphatic hydroxyl groups is 1. The standard InChI is InChI=1S/C23H36O/c1-6-9-11-13-15-20-18-22(23(4,5)24)21(17-19(20)8-3)16-14-12-10-7-2/h3,17-18,24H,6-7,9-16H2,1-2,4-5H3. The fourth-order valence-corrected chi connectivity index (χ4v) is 3.29. The van der Waals surface area contributed by atoms with E-state index in [-0.39, 0.29) is 0 Å². The quantitative estimate of drug-likeness (QED) is 0.382. The van der Waals surface area contributed by atoms with Crippen LogP contribution in [-0.2, 0) is 18.4 Å². The Morgan fingerprint density at radius 2 is 1.42 bits per heavy atom. The van der Waals surface area contributed by atoms with Gasteiger partial charge < -0.3 is 5.11 Å². The van der Waals surface area contributed by atoms with E-state index in [1.165, 1.54) is 56.1 Å². The maximum absolute atomic E-state index is 10.6. The van der Waals surface area contributed by atoms with Crippen molar-refractivity contribution in [1.82, 2.24) is 0 Å². The Bertz CT molecular complexity index is 528. The van der Waals surface area contributed by atoms with Crippen LogP contribution in [0.3, 0.4) is 0 Å². The Kier molecular flexibility index (Phi) is 9.16. The Hall–Kier alpha value is -1.26. The molecule has 1 nitrogen and oxygen atoms in total. The van der Waals surface area contributed by atoms with Gasteiger partial charge in [0.1, 0.15) is 0 Å². The molecule has 1 aromatic rings. The van der Waals surface area contributed by atoms with Crippen LogP contribution in [-0.4, -0.2) is 5.11 Å². The van der Waals surface area contributed by atoms with Crippen LogP contribution >= 0.6 is 0 Å². The lowest BCUT2D eigenvalue weighted by atomic mass is 9.86. The lowest BCUT2D eigenvalue weighted by Gasteiger charge is -2.24. The summed E-state index contributed by atoms with van der Waals surface area (Å²) >= 11 is 0. The van der Waals surface area contributed by atoms with Gasteiger partial charge in [0.05, 0.1) is 5.60 Å². The van der Waals surface area contributed by atoms with Crippen molar-refractivity contribution in [3.63, 3.8) is 0 Å². The van der Waals surface area contributed by atoms with Gasteiger partial charge in [0.2, 0.25) is 0 Å². The van der Waals surface area contributed by atoms with E-state index in [1.807, 2.05) is 13.8 Å². The van der Waals surface area contributed by atoms with Gasteiger partial charge in [-0.25, -0.2) is 0 Å². The summed E-state index contributed by atoms with van der Waals surface area (Å²) in [7, 11) is 0. The average Bonchev–Trinajstić information content (AvgIpc) is 2.54. The highest BCUT2D eigenvalue weighted by Crippen LogP contribution is 2.29. The van der Waals surface area contributed by atoms with Crippen molar-refractivity contribution in [2.45, 2.75) is 97.5 Å². The molecule has 0 aromatic heterocycles. The number of hydrogen-bond donors (Lipinski definition) is 1. The number of aryl methyl sites for hydroxylation is 2. The van der Waals surface area contributed by atoms with Gasteiger partial charge in [0, 0.05) is 5.56 Å². The van der Waals surface area contributed by atoms with Gasteiger partial charge in [-0.1, -0.05) is 64.4 Å². The van der Waals surface area contributed by atoms with Crippen molar-refractivity contribution in [2.24, 2.45) is 0 Å². The third kappa shape index (κ3) is 6.70. The van der Waals surface area contributed by atoms with E-state index in [4.69, 9.17) is 6.42 Å². The third-order valence-corrected chi connectivity index (χ3v) is 4.74. The number of unbranched alkanes of at least 4 members (excludes halogenated alkanes) is 6. The van der Waals surface area contributed by atoms with E-state index in [2.05, 4.69) is 31.9 Å². The average molecular weight is 329 g/mol. The van der Waals surface area contributed by atoms with E-state index >= 15 is 0 Å². The highest BCUT2D eigenvalue weighted by atomic mass is 16.3. The summed E-state index contributed by atoms with van der Waals surface area (Å²) in [6, 6.07) is 4.34. The van der Waals surface area contributed by atoms with Crippen molar-refractivity contribution in [3.8, 4) is 12.3 Å². The molecule has 0 aliphatic carbocycles. The van der Waals surface area contributed by atoms with Crippen molar-refractivity contribution >= 4 is 0 Å². The SMILES string of the molecule is C#Cc1cc(CCCCCC)c(C(C)(C)O)cc1CCCCCC. The maximum atomic E-state index is 10.6. The van der Waals surface area contributed by atoms with Gasteiger partial charge in [0.15, 0.2) is 0 Å². The first kappa shape index (κ1) is 20.8. The van der Waals surface area contributed by atoms with Gasteiger partial charge >= 0.3 is 0 Å². The predicted octanol–water partition coefficient (Wildman–Crippen LogP) is 6.14. The molecule has 1 N–H and O–H groups in total. The molecule has 1 rings (SSSR count). The Labute approximate surface area is 149 Å². The van der Waals surface area contributed by atoms with E-state index in [0.717, 1.165) is 30.4 Å². The minimum atomic E-state index is -0.814. The minimum absolute atomic E-state index is 0.814. The molecule has 0 bridgehead atoms. The van der Waals surface area contributed by atoms with Gasteiger partial charge in [0.25, 0.3) is 0 Å². The first-order valence-corrected chi connectivity index (χ1v) is 9.79. The molecule has 0 aliphatic rings. The van der Waals surface area contributed by atoms with Crippen LogP contribution in [0.4, 0.5) is 0 Å². The molecule has 24 heavy (non-hydrogen) atoms. The molecular weight excluding hydrogens is 292 g/mol. The van der Waals surface area contributed by atoms with Crippen LogP contribution in [0.2, 0.25) is 0 Å². The second-order valence-corrected chi connectivity index (χ2v) is 7.49. The summed E-state index contributed by atoms with van der Waals surface area (Å²) in [4.78, 5) is 0. The third-order valence-electron chi connectivity index (χ3n) is 4.74. The molecule has 0 saturated heterocycles. The predicted molar refractivity (Wildman–Crippen MR) is 105 cm³/mol. The number of rotatable bonds is 11. The van der Waals surface area contributed by atoms with E-state index < -0.39 is 5.60 Å². The maximum Gasteiger partial charge on any atom is 0.0843 e. The highest BCUT2D eigenvalue weighted by Gasteiger charge is 2.21. The number of hydrogen-bond acceptors (Lipinski definition) is 1. The number of terminal acetylenes is 1. The molecule has 0 aliphatic heterocycles. The summed E-state index contributed by atoms with van der Waals surface area (Å²) in [5.74, 6) is 2.88. The van der Waals surface area contributed by atoms with Crippen molar-refractivity contribution in [3.05, 3.63) is 34.4 Å². The van der Waals surface area contributed by atoms with Crippen LogP contribution in [0.15, 0.2) is 12.1 Å². The molecule has 0 heterocycles. The van der Waals surface area contributed by atoms with Crippen molar-refractivity contribution in [2.75, 3.05) is 0 Å². The largest absolute Gasteiger partial charge is 0.386 e. The zero-order chi connectivity index (χ0) is 18.0. The van der Waals surface area contributed by atoms with Gasteiger partial charge in [-0.15, -0.1) is 6.42 Å². The minimum Gasteiger partial charge on any atom is -0.386 e. The lowest BCUT2D eigenvalue weighted by molar-refractivity contribution is 0.0775. The second-order valence-electron chi connectivity index (χ2n) is 7.49. The summed E-state index contributed by atoms with van der Waals surface area (Å²) in [6.45, 7) is 8.22. The monoisotopic (exact) mass is 328 g/mol. The van der Waals surface area contributed by atoms with Crippen LogP contribution in [0.25, 0.3) is 0 Å². The molecule has 134 valence electrons. The zero-order valence-electron chi connectivity index (χ0n) is 16.3. The molecule has 1 heteroatoms. The lowest BCUT2D eigenvalue weighted by Crippen LogP contribution is -2.19. The Morgan fingerprint density at radius 3 is 1.88 bits per heavy atom. The fraction of sp³-hybridized carbons (Fsp3) is 0.652. The van der Waals surface area contributed by atoms with Gasteiger partial charge in [-0.05, 0) is 62.3 Å². The van der Waals surface area contributed by atoms with Crippen LogP contribution in [0.5, 0.6) is 0 Å². The molecule has 0 saturated carbocycles. The van der Waals surface area contributed by atoms with Gasteiger partial charge in [-0.3, -0.25) is 0 Å². The summed E-state index contributed by atoms with van der Waals surface area (Å²) < 4.78 is 0. The first-order valence-electron chi connectivity index (χ1n) is 9.79.